The van der Waals surface area contributed by atoms with E-state index >= 15 is 0 Å². The largest absolute Gasteiger partial charge is 0.504 e. The van der Waals surface area contributed by atoms with Crippen molar-refractivity contribution in [2.75, 3.05) is 18.4 Å². The first-order valence-electron chi connectivity index (χ1n) is 11.4. The van der Waals surface area contributed by atoms with E-state index in [1.54, 1.807) is 59.9 Å². The van der Waals surface area contributed by atoms with Crippen LogP contribution in [0.15, 0.2) is 30.6 Å². The minimum atomic E-state index is -1.37. The molecule has 0 radical (unpaired) electrons. The van der Waals surface area contributed by atoms with Crippen molar-refractivity contribution in [2.24, 2.45) is 10.8 Å². The van der Waals surface area contributed by atoms with Crippen molar-refractivity contribution in [1.29, 1.82) is 0 Å². The van der Waals surface area contributed by atoms with Crippen LogP contribution in [0, 0.1) is 10.8 Å². The maximum absolute atomic E-state index is 13.2. The molecule has 0 aliphatic heterocycles. The second-order valence-corrected chi connectivity index (χ2v) is 10.5. The number of hydrogen-bond acceptors (Lipinski definition) is 8. The van der Waals surface area contributed by atoms with Crippen molar-refractivity contribution < 1.29 is 29.7 Å². The van der Waals surface area contributed by atoms with Crippen LogP contribution in [0.4, 0.5) is 5.69 Å². The Morgan fingerprint density at radius 1 is 1.03 bits per heavy atom. The fourth-order valence-corrected chi connectivity index (χ4v) is 3.42. The van der Waals surface area contributed by atoms with Crippen LogP contribution in [-0.4, -0.2) is 50.9 Å². The van der Waals surface area contributed by atoms with E-state index < -0.39 is 40.0 Å². The molecule has 5 N–H and O–H groups in total. The lowest BCUT2D eigenvalue weighted by Crippen LogP contribution is -2.31. The number of phenols is 2. The molecular weight excluding hydrogens is 450 g/mol. The van der Waals surface area contributed by atoms with Crippen LogP contribution in [0.25, 0.3) is 0 Å². The third-order valence-corrected chi connectivity index (χ3v) is 5.30. The van der Waals surface area contributed by atoms with Gasteiger partial charge in [-0.15, -0.1) is 0 Å². The van der Waals surface area contributed by atoms with Gasteiger partial charge in [0.25, 0.3) is 0 Å². The molecule has 190 valence electrons. The van der Waals surface area contributed by atoms with Crippen molar-refractivity contribution in [3.63, 3.8) is 0 Å². The Balaban J connectivity index is 2.30. The highest BCUT2D eigenvalue weighted by Gasteiger charge is 2.36. The number of carbonyl (C=O) groups excluding carboxylic acids is 3. The maximum Gasteiger partial charge on any atom is 0.225 e. The molecule has 0 aliphatic carbocycles. The van der Waals surface area contributed by atoms with Crippen LogP contribution >= 0.6 is 0 Å². The second-order valence-electron chi connectivity index (χ2n) is 10.5. The molecule has 9 heteroatoms. The number of pyridine rings is 1. The quantitative estimate of drug-likeness (QED) is 0.205. The van der Waals surface area contributed by atoms with Gasteiger partial charge in [0.15, 0.2) is 23.1 Å². The molecular formula is C26H35N3O6. The highest BCUT2D eigenvalue weighted by molar-refractivity contribution is 6.09. The van der Waals surface area contributed by atoms with E-state index in [2.05, 4.69) is 15.6 Å². The van der Waals surface area contributed by atoms with E-state index in [9.17, 15) is 29.7 Å². The SMILES string of the molecule is CC(C)(C)C(=O)c1cc(O)c(O)c(C(=O)C(C)(C)C)c1C(O)CNCCC(=O)Nc1cccnc1. The zero-order chi connectivity index (χ0) is 26.6. The first kappa shape index (κ1) is 27.9. The smallest absolute Gasteiger partial charge is 0.225 e. The summed E-state index contributed by atoms with van der Waals surface area (Å²) >= 11 is 0. The molecule has 1 atom stereocenters. The summed E-state index contributed by atoms with van der Waals surface area (Å²) in [6.45, 7) is 10.1. The Bertz CT molecular complexity index is 1080. The molecule has 0 saturated heterocycles. The van der Waals surface area contributed by atoms with Crippen molar-refractivity contribution in [3.05, 3.63) is 47.3 Å². The minimum absolute atomic E-state index is 0.0379. The first-order valence-corrected chi connectivity index (χ1v) is 11.4. The summed E-state index contributed by atoms with van der Waals surface area (Å²) in [5.41, 5.74) is -1.64. The molecule has 0 spiro atoms. The number of aliphatic hydroxyl groups is 1. The Kier molecular flexibility index (Phi) is 8.75. The number of rotatable bonds is 9. The average molecular weight is 486 g/mol. The Morgan fingerprint density at radius 2 is 1.66 bits per heavy atom. The first-order chi connectivity index (χ1) is 16.1. The molecule has 0 aliphatic rings. The molecule has 1 amide bonds. The van der Waals surface area contributed by atoms with Gasteiger partial charge in [0.1, 0.15) is 0 Å². The van der Waals surface area contributed by atoms with Crippen molar-refractivity contribution in [3.8, 4) is 11.5 Å². The molecule has 1 aromatic heterocycles. The third-order valence-electron chi connectivity index (χ3n) is 5.30. The third kappa shape index (κ3) is 7.10. The van der Waals surface area contributed by atoms with Crippen LogP contribution in [0.3, 0.4) is 0 Å². The lowest BCUT2D eigenvalue weighted by atomic mass is 9.78. The Morgan fingerprint density at radius 3 is 2.20 bits per heavy atom. The van der Waals surface area contributed by atoms with Gasteiger partial charge < -0.3 is 26.0 Å². The van der Waals surface area contributed by atoms with E-state index in [1.807, 2.05) is 0 Å². The predicted molar refractivity (Wildman–Crippen MR) is 133 cm³/mol. The summed E-state index contributed by atoms with van der Waals surface area (Å²) in [7, 11) is 0. The number of amides is 1. The maximum atomic E-state index is 13.2. The van der Waals surface area contributed by atoms with E-state index in [4.69, 9.17) is 0 Å². The topological polar surface area (TPSA) is 149 Å². The van der Waals surface area contributed by atoms with E-state index in [0.717, 1.165) is 6.07 Å². The lowest BCUT2D eigenvalue weighted by molar-refractivity contribution is -0.116. The Hall–Kier alpha value is -3.30. The standard InChI is InChI=1S/C26H35N3O6/c1-25(2,3)23(34)16-12-17(30)22(33)21(24(35)26(4,5)6)20(16)18(31)14-28-11-9-19(32)29-15-8-7-10-27-13-15/h7-8,10,12-13,18,28,30-31,33H,9,11,14H2,1-6H3,(H,29,32). The lowest BCUT2D eigenvalue weighted by Gasteiger charge is -2.27. The van der Waals surface area contributed by atoms with Gasteiger partial charge >= 0.3 is 0 Å². The monoisotopic (exact) mass is 485 g/mol. The minimum Gasteiger partial charge on any atom is -0.504 e. The number of nitrogens with zero attached hydrogens (tertiary/aromatic N) is 1. The molecule has 0 saturated carbocycles. The van der Waals surface area contributed by atoms with E-state index in [0.29, 0.717) is 5.69 Å². The van der Waals surface area contributed by atoms with Crippen LogP contribution < -0.4 is 10.6 Å². The number of ketones is 2. The number of benzene rings is 1. The summed E-state index contributed by atoms with van der Waals surface area (Å²) in [5, 5.41) is 37.6. The second kappa shape index (κ2) is 11.0. The Labute approximate surface area is 205 Å². The molecule has 1 unspecified atom stereocenters. The van der Waals surface area contributed by atoms with Gasteiger partial charge in [-0.05, 0) is 18.2 Å². The molecule has 1 aromatic carbocycles. The number of aliphatic hydroxyl groups excluding tert-OH is 1. The number of hydrogen-bond donors (Lipinski definition) is 5. The molecule has 0 bridgehead atoms. The van der Waals surface area contributed by atoms with Crippen LogP contribution in [-0.2, 0) is 4.79 Å². The number of aromatic nitrogens is 1. The highest BCUT2D eigenvalue weighted by atomic mass is 16.3. The number of anilines is 1. The van der Waals surface area contributed by atoms with Crippen LogP contribution in [0.2, 0.25) is 0 Å². The molecule has 2 aromatic rings. The number of nitrogens with one attached hydrogen (secondary N) is 2. The fraction of sp³-hybridized carbons (Fsp3) is 0.462. The zero-order valence-electron chi connectivity index (χ0n) is 21.1. The predicted octanol–water partition coefficient (Wildman–Crippen LogP) is 3.60. The van der Waals surface area contributed by atoms with Crippen LogP contribution in [0.1, 0.15) is 80.3 Å². The van der Waals surface area contributed by atoms with Gasteiger partial charge in [-0.2, -0.15) is 0 Å². The summed E-state index contributed by atoms with van der Waals surface area (Å²) in [6.07, 6.45) is 1.85. The van der Waals surface area contributed by atoms with Crippen molar-refractivity contribution in [1.82, 2.24) is 10.3 Å². The zero-order valence-corrected chi connectivity index (χ0v) is 21.1. The van der Waals surface area contributed by atoms with Gasteiger partial charge in [-0.3, -0.25) is 19.4 Å². The van der Waals surface area contributed by atoms with Gasteiger partial charge in [-0.25, -0.2) is 0 Å². The highest BCUT2D eigenvalue weighted by Crippen LogP contribution is 2.42. The summed E-state index contributed by atoms with van der Waals surface area (Å²) in [6, 6.07) is 4.49. The number of aromatic hydroxyl groups is 2. The summed E-state index contributed by atoms with van der Waals surface area (Å²) in [5.74, 6) is -2.48. The van der Waals surface area contributed by atoms with Crippen LogP contribution in [0.5, 0.6) is 11.5 Å². The fourth-order valence-electron chi connectivity index (χ4n) is 3.42. The molecule has 0 fully saturated rings. The van der Waals surface area contributed by atoms with Gasteiger partial charge in [0, 0.05) is 47.7 Å². The average Bonchev–Trinajstić information content (AvgIpc) is 2.76. The van der Waals surface area contributed by atoms with Gasteiger partial charge in [0.05, 0.1) is 23.6 Å². The number of Topliss-reactive ketones (excluding diaryl/α,β-unsaturated/α-hetero) is 2. The molecule has 35 heavy (non-hydrogen) atoms. The summed E-state index contributed by atoms with van der Waals surface area (Å²) in [4.78, 5) is 42.4. The van der Waals surface area contributed by atoms with Gasteiger partial charge in [0.2, 0.25) is 5.91 Å². The molecule has 1 heterocycles. The normalized spacial score (nSPS) is 12.8. The summed E-state index contributed by atoms with van der Waals surface area (Å²) < 4.78 is 0. The van der Waals surface area contributed by atoms with E-state index in [1.165, 1.54) is 6.20 Å². The van der Waals surface area contributed by atoms with Crippen molar-refractivity contribution in [2.45, 2.75) is 54.1 Å². The van der Waals surface area contributed by atoms with Crippen molar-refractivity contribution >= 4 is 23.2 Å². The number of carbonyl (C=O) groups is 3. The van der Waals surface area contributed by atoms with E-state index in [-0.39, 0.29) is 42.1 Å². The molecule has 9 nitrogen and oxygen atoms in total. The number of phenolic OH excluding ortho intramolecular Hbond substituents is 2. The molecule has 2 rings (SSSR count). The van der Waals surface area contributed by atoms with Gasteiger partial charge in [-0.1, -0.05) is 41.5 Å².